The van der Waals surface area contributed by atoms with Gasteiger partial charge in [0.1, 0.15) is 0 Å². The first-order valence-corrected chi connectivity index (χ1v) is 19.4. The minimum absolute atomic E-state index is 0. The van der Waals surface area contributed by atoms with Crippen LogP contribution in [0.4, 0.5) is 0 Å². The fourth-order valence-electron chi connectivity index (χ4n) is 9.44. The van der Waals surface area contributed by atoms with E-state index in [1.807, 2.05) is 0 Å². The minimum atomic E-state index is -0.338. The van der Waals surface area contributed by atoms with Gasteiger partial charge in [-0.25, -0.2) is 14.4 Å². The van der Waals surface area contributed by atoms with Gasteiger partial charge in [0.15, 0.2) is 0 Å². The van der Waals surface area contributed by atoms with Crippen LogP contribution in [0.2, 0.25) is 0 Å². The normalized spacial score (nSPS) is 26.8. The lowest BCUT2D eigenvalue weighted by Gasteiger charge is -2.39. The van der Waals surface area contributed by atoms with E-state index < -0.39 is 0 Å². The fraction of sp³-hybridized carbons (Fsp3) is 0.827. The molecule has 4 aliphatic rings. The number of rotatable bonds is 15. The molecule has 0 heterocycles. The second kappa shape index (κ2) is 35.4. The van der Waals surface area contributed by atoms with E-state index in [0.29, 0.717) is 48.4 Å². The molecule has 3 atom stereocenters. The summed E-state index contributed by atoms with van der Waals surface area (Å²) >= 11 is 0. The molecule has 0 aromatic rings. The average Bonchev–Trinajstić information content (AvgIpc) is 3.07. The standard InChI is InChI=1S/C42H66O6.10CH4/c1-28(2)40(43)46-25-36-17-15-34(16-18-36)22-32-9-7-31(8-10-32)21-33-11-13-35(14-12-33)23-37-19-20-38(26-47-41(44)29(3)4)39(24-37)27-48-42(45)30(5)6;;;;;;;;;;/h31-39H,1,3,5,7-27H2,2,4,6H3;10*1H4. The SMILES string of the molecule is C.C.C.C.C.C.C.C.C.C.C=C(C)C(=O)OCC1CCC(CC2CCC(CC3CCC(CC4CCC(COC(=O)C(=C)C)C(COC(=O)C(=C)C)C4)CC3)CC2)CC1. The van der Waals surface area contributed by atoms with Crippen molar-refractivity contribution in [1.82, 2.24) is 0 Å². The van der Waals surface area contributed by atoms with Crippen LogP contribution >= 0.6 is 0 Å². The van der Waals surface area contributed by atoms with Crippen molar-refractivity contribution in [3.8, 4) is 0 Å². The Balaban J connectivity index is -0.000000520. The molecule has 6 heteroatoms. The number of hydrogen-bond acceptors (Lipinski definition) is 6. The molecule has 0 bridgehead atoms. The Morgan fingerprint density at radius 3 is 0.914 bits per heavy atom. The topological polar surface area (TPSA) is 78.9 Å². The van der Waals surface area contributed by atoms with Crippen molar-refractivity contribution < 1.29 is 28.6 Å². The third-order valence-electron chi connectivity index (χ3n) is 12.5. The Morgan fingerprint density at radius 2 is 0.603 bits per heavy atom. The van der Waals surface area contributed by atoms with Crippen molar-refractivity contribution in [2.45, 2.75) is 211 Å². The zero-order chi connectivity index (χ0) is 34.6. The van der Waals surface area contributed by atoms with Crippen LogP contribution in [0, 0.1) is 53.3 Å². The van der Waals surface area contributed by atoms with Gasteiger partial charge in [-0.05, 0) is 119 Å². The summed E-state index contributed by atoms with van der Waals surface area (Å²) in [5, 5.41) is 0. The van der Waals surface area contributed by atoms with Crippen LogP contribution in [0.25, 0.3) is 0 Å². The van der Waals surface area contributed by atoms with Crippen molar-refractivity contribution in [3.05, 3.63) is 36.5 Å². The first-order valence-electron chi connectivity index (χ1n) is 19.4. The molecule has 0 amide bonds. The van der Waals surface area contributed by atoms with Gasteiger partial charge >= 0.3 is 17.9 Å². The molecule has 4 aliphatic carbocycles. The Bertz CT molecular complexity index is 1100. The van der Waals surface area contributed by atoms with Crippen LogP contribution in [0.15, 0.2) is 36.5 Å². The van der Waals surface area contributed by atoms with Crippen LogP contribution < -0.4 is 0 Å². The molecular formula is C52H106O6. The van der Waals surface area contributed by atoms with Gasteiger partial charge in [0, 0.05) is 16.7 Å². The second-order valence-corrected chi connectivity index (χ2v) is 16.7. The van der Waals surface area contributed by atoms with Gasteiger partial charge in [0.05, 0.1) is 19.8 Å². The Hall–Kier alpha value is -2.37. The van der Waals surface area contributed by atoms with Gasteiger partial charge in [-0.2, -0.15) is 0 Å². The number of hydrogen-bond donors (Lipinski definition) is 0. The molecule has 58 heavy (non-hydrogen) atoms. The third kappa shape index (κ3) is 23.4. The predicted molar refractivity (Wildman–Crippen MR) is 259 cm³/mol. The Kier molecular flexibility index (Phi) is 42.8. The summed E-state index contributed by atoms with van der Waals surface area (Å²) in [5.41, 5.74) is 1.34. The van der Waals surface area contributed by atoms with Crippen LogP contribution in [0.3, 0.4) is 0 Å². The molecular weight excluding hydrogens is 721 g/mol. The van der Waals surface area contributed by atoms with Crippen molar-refractivity contribution >= 4 is 17.9 Å². The van der Waals surface area contributed by atoms with E-state index >= 15 is 0 Å². The van der Waals surface area contributed by atoms with Gasteiger partial charge in [-0.15, -0.1) is 0 Å². The average molecular weight is 827 g/mol. The molecule has 0 aromatic heterocycles. The largest absolute Gasteiger partial charge is 0.462 e. The molecule has 0 N–H and O–H groups in total. The van der Waals surface area contributed by atoms with Gasteiger partial charge in [0.2, 0.25) is 0 Å². The molecule has 0 aliphatic heterocycles. The number of esters is 3. The molecule has 4 fully saturated rings. The van der Waals surface area contributed by atoms with E-state index in [4.69, 9.17) is 14.2 Å². The molecule has 4 rings (SSSR count). The monoisotopic (exact) mass is 827 g/mol. The van der Waals surface area contributed by atoms with E-state index in [-0.39, 0.29) is 104 Å². The van der Waals surface area contributed by atoms with Crippen LogP contribution in [-0.4, -0.2) is 37.7 Å². The summed E-state index contributed by atoms with van der Waals surface area (Å²) < 4.78 is 16.6. The zero-order valence-corrected chi connectivity index (χ0v) is 30.6. The minimum Gasteiger partial charge on any atom is -0.462 e. The maximum Gasteiger partial charge on any atom is 0.333 e. The lowest BCUT2D eigenvalue weighted by Crippen LogP contribution is -2.34. The van der Waals surface area contributed by atoms with Crippen molar-refractivity contribution in [2.24, 2.45) is 53.3 Å². The van der Waals surface area contributed by atoms with Gasteiger partial charge in [-0.3, -0.25) is 0 Å². The summed E-state index contributed by atoms with van der Waals surface area (Å²) in [6.45, 7) is 17.5. The molecule has 3 unspecified atom stereocenters. The van der Waals surface area contributed by atoms with Crippen LogP contribution in [-0.2, 0) is 28.6 Å². The van der Waals surface area contributed by atoms with E-state index in [2.05, 4.69) is 19.7 Å². The van der Waals surface area contributed by atoms with E-state index in [1.165, 1.54) is 96.3 Å². The summed E-state index contributed by atoms with van der Waals surface area (Å²) in [4.78, 5) is 35.9. The van der Waals surface area contributed by atoms with E-state index in [9.17, 15) is 14.4 Å². The Labute approximate surface area is 365 Å². The first-order chi connectivity index (χ1) is 23.0. The lowest BCUT2D eigenvalue weighted by atomic mass is 9.68. The molecule has 0 spiro atoms. The summed E-state index contributed by atoms with van der Waals surface area (Å²) in [6, 6.07) is 0. The molecule has 6 nitrogen and oxygen atoms in total. The van der Waals surface area contributed by atoms with Gasteiger partial charge < -0.3 is 14.2 Å². The van der Waals surface area contributed by atoms with Crippen molar-refractivity contribution in [1.29, 1.82) is 0 Å². The fourth-order valence-corrected chi connectivity index (χ4v) is 9.44. The molecule has 350 valence electrons. The molecule has 0 aromatic carbocycles. The van der Waals surface area contributed by atoms with Crippen LogP contribution in [0.1, 0.15) is 211 Å². The molecule has 0 radical (unpaired) electrons. The maximum atomic E-state index is 12.1. The van der Waals surface area contributed by atoms with Gasteiger partial charge in [-0.1, -0.05) is 165 Å². The highest BCUT2D eigenvalue weighted by Crippen LogP contribution is 2.44. The van der Waals surface area contributed by atoms with E-state index in [0.717, 1.165) is 48.9 Å². The van der Waals surface area contributed by atoms with Gasteiger partial charge in [0.25, 0.3) is 0 Å². The summed E-state index contributed by atoms with van der Waals surface area (Å²) in [5.74, 6) is 5.13. The highest BCUT2D eigenvalue weighted by molar-refractivity contribution is 5.87. The predicted octanol–water partition coefficient (Wildman–Crippen LogP) is 16.3. The van der Waals surface area contributed by atoms with Crippen molar-refractivity contribution in [2.75, 3.05) is 19.8 Å². The smallest absolute Gasteiger partial charge is 0.333 e. The third-order valence-corrected chi connectivity index (χ3v) is 12.5. The van der Waals surface area contributed by atoms with Crippen LogP contribution in [0.5, 0.6) is 0 Å². The Morgan fingerprint density at radius 1 is 0.362 bits per heavy atom. The number of carbonyl (C=O) groups is 3. The van der Waals surface area contributed by atoms with E-state index in [1.54, 1.807) is 20.8 Å². The lowest BCUT2D eigenvalue weighted by molar-refractivity contribution is -0.146. The summed E-state index contributed by atoms with van der Waals surface area (Å²) in [7, 11) is 0. The summed E-state index contributed by atoms with van der Waals surface area (Å²) in [6.07, 6.45) is 23.6. The maximum absolute atomic E-state index is 12.1. The van der Waals surface area contributed by atoms with Crippen molar-refractivity contribution in [3.63, 3.8) is 0 Å². The number of carbonyl (C=O) groups excluding carboxylic acids is 3. The highest BCUT2D eigenvalue weighted by atomic mass is 16.5. The highest BCUT2D eigenvalue weighted by Gasteiger charge is 2.35. The molecule has 4 saturated carbocycles. The quantitative estimate of drug-likeness (QED) is 0.0929. The second-order valence-electron chi connectivity index (χ2n) is 16.7. The number of ether oxygens (including phenoxy) is 3. The molecule has 0 saturated heterocycles. The zero-order valence-electron chi connectivity index (χ0n) is 30.6. The first kappa shape index (κ1) is 70.2.